The van der Waals surface area contributed by atoms with E-state index >= 15 is 0 Å². The second-order valence-electron chi connectivity index (χ2n) is 4.37. The molecule has 7 heteroatoms. The summed E-state index contributed by atoms with van der Waals surface area (Å²) in [5.74, 6) is -2.03. The van der Waals surface area contributed by atoms with Gasteiger partial charge in [-0.15, -0.1) is 0 Å². The first-order valence-corrected chi connectivity index (χ1v) is 7.55. The van der Waals surface area contributed by atoms with Gasteiger partial charge in [0.15, 0.2) is 6.10 Å². The Balaban J connectivity index is 2.32. The number of carbonyl (C=O) groups excluding carboxylic acids is 1. The van der Waals surface area contributed by atoms with Gasteiger partial charge in [-0.1, -0.05) is 12.1 Å². The van der Waals surface area contributed by atoms with Gasteiger partial charge in [0, 0.05) is 29.1 Å². The third-order valence-corrected chi connectivity index (χ3v) is 3.25. The van der Waals surface area contributed by atoms with Crippen molar-refractivity contribution >= 4 is 16.0 Å². The highest BCUT2D eigenvalue weighted by Gasteiger charge is 2.35. The van der Waals surface area contributed by atoms with Crippen LogP contribution in [0.2, 0.25) is 0 Å². The van der Waals surface area contributed by atoms with Gasteiger partial charge in [0.25, 0.3) is 16.0 Å². The van der Waals surface area contributed by atoms with Crippen LogP contribution in [0.25, 0.3) is 0 Å². The zero-order valence-electron chi connectivity index (χ0n) is 15.6. The van der Waals surface area contributed by atoms with E-state index in [0.717, 1.165) is 18.4 Å². The fourth-order valence-corrected chi connectivity index (χ4v) is 2.42. The fourth-order valence-electron chi connectivity index (χ4n) is 1.82. The molecule has 0 aromatic heterocycles. The first-order chi connectivity index (χ1) is 11.2. The van der Waals surface area contributed by atoms with E-state index in [-0.39, 0.29) is 18.5 Å². The van der Waals surface area contributed by atoms with Crippen molar-refractivity contribution < 1.29 is 28.6 Å². The van der Waals surface area contributed by atoms with E-state index in [9.17, 15) is 17.6 Å². The highest BCUT2D eigenvalue weighted by atomic mass is 32.2. The van der Waals surface area contributed by atoms with Gasteiger partial charge in [0.2, 0.25) is 0 Å². The molecule has 0 aliphatic carbocycles. The summed E-state index contributed by atoms with van der Waals surface area (Å²) in [4.78, 5) is 12.9. The molecule has 0 radical (unpaired) electrons. The number of hydrogen-bond donors (Lipinski definition) is 0. The second-order valence-corrected chi connectivity index (χ2v) is 5.97. The smallest absolute Gasteiger partial charge is 0.265 e. The van der Waals surface area contributed by atoms with E-state index in [1.807, 2.05) is 0 Å². The van der Waals surface area contributed by atoms with Gasteiger partial charge in [-0.2, -0.15) is 8.42 Å². The van der Waals surface area contributed by atoms with Gasteiger partial charge >= 0.3 is 0 Å². The first-order valence-electron chi connectivity index (χ1n) is 8.24. The molecule has 2 rings (SSSR count). The quantitative estimate of drug-likeness (QED) is 0.784. The van der Waals surface area contributed by atoms with Gasteiger partial charge in [0.05, 0.1) is 9.00 Å². The number of likely N-dealkylation sites (tertiary alicyclic amines) is 1. The summed E-state index contributed by atoms with van der Waals surface area (Å²) < 4.78 is 79.0. The van der Waals surface area contributed by atoms with Crippen LogP contribution in [0.3, 0.4) is 0 Å². The van der Waals surface area contributed by atoms with E-state index in [4.69, 9.17) is 6.85 Å². The Kier molecular flexibility index (Phi) is 2.60. The van der Waals surface area contributed by atoms with Gasteiger partial charge in [-0.25, -0.2) is 4.39 Å². The lowest BCUT2D eigenvalue weighted by atomic mass is 10.1. The number of carbonyl (C=O) groups is 1. The Morgan fingerprint density at radius 2 is 2.35 bits per heavy atom. The molecular weight excluding hydrogens is 285 g/mol. The number of amides is 1. The van der Waals surface area contributed by atoms with Crippen LogP contribution in [0.4, 0.5) is 4.39 Å². The van der Waals surface area contributed by atoms with Crippen LogP contribution in [0.15, 0.2) is 18.2 Å². The summed E-state index contributed by atoms with van der Waals surface area (Å²) in [7, 11) is -3.91. The Morgan fingerprint density at radius 3 is 2.95 bits per heavy atom. The lowest BCUT2D eigenvalue weighted by Crippen LogP contribution is -2.31. The molecule has 1 saturated heterocycles. The Hall–Kier alpha value is -1.47. The molecule has 1 atom stereocenters. The first kappa shape index (κ1) is 9.46. The second kappa shape index (κ2) is 5.49. The lowest BCUT2D eigenvalue weighted by molar-refractivity contribution is -0.133. The molecule has 1 amide bonds. The topological polar surface area (TPSA) is 63.7 Å². The van der Waals surface area contributed by atoms with Crippen molar-refractivity contribution in [1.82, 2.24) is 4.90 Å². The number of halogens is 1. The zero-order chi connectivity index (χ0) is 19.2. The predicted molar refractivity (Wildman–Crippen MR) is 70.9 cm³/mol. The van der Waals surface area contributed by atoms with E-state index in [1.165, 1.54) is 0 Å². The standard InChI is InChI=1S/C13H16FNO4S/c1-9-3-4-10(11(14)7-9)8-15-6-5-12(13(15)16)19-20(2,17)18/h3-4,7,12H,5-6,8H2,1-2H3/t12-/m0/s1/i1D3,8D2. The fraction of sp³-hybridized carbons (Fsp3) is 0.462. The summed E-state index contributed by atoms with van der Waals surface area (Å²) in [6, 6.07) is 2.73. The number of benzene rings is 1. The Bertz CT molecular complexity index is 796. The maximum atomic E-state index is 14.3. The van der Waals surface area contributed by atoms with Crippen LogP contribution in [-0.2, 0) is 25.6 Å². The Morgan fingerprint density at radius 1 is 1.60 bits per heavy atom. The molecule has 20 heavy (non-hydrogen) atoms. The van der Waals surface area contributed by atoms with Crippen LogP contribution in [0.5, 0.6) is 0 Å². The molecule has 1 heterocycles. The van der Waals surface area contributed by atoms with Gasteiger partial charge in [-0.05, 0) is 18.5 Å². The van der Waals surface area contributed by atoms with E-state index in [0.29, 0.717) is 11.0 Å². The lowest BCUT2D eigenvalue weighted by Gasteiger charge is -2.17. The molecular formula is C13H16FNO4S. The molecule has 1 aliphatic heterocycles. The van der Waals surface area contributed by atoms with Crippen molar-refractivity contribution in [1.29, 1.82) is 0 Å². The minimum absolute atomic E-state index is 0.0691. The van der Waals surface area contributed by atoms with Crippen molar-refractivity contribution in [2.75, 3.05) is 12.8 Å². The zero-order valence-corrected chi connectivity index (χ0v) is 11.4. The van der Waals surface area contributed by atoms with E-state index in [1.54, 1.807) is 0 Å². The van der Waals surface area contributed by atoms with Crippen molar-refractivity contribution in [3.63, 3.8) is 0 Å². The van der Waals surface area contributed by atoms with E-state index < -0.39 is 46.9 Å². The van der Waals surface area contributed by atoms with Crippen LogP contribution < -0.4 is 0 Å². The average molecular weight is 306 g/mol. The summed E-state index contributed by atoms with van der Waals surface area (Å²) >= 11 is 0. The molecule has 1 fully saturated rings. The molecule has 1 aliphatic rings. The molecule has 0 saturated carbocycles. The molecule has 0 spiro atoms. The summed E-state index contributed by atoms with van der Waals surface area (Å²) in [5.41, 5.74) is -0.815. The van der Waals surface area contributed by atoms with Gasteiger partial charge in [0.1, 0.15) is 5.82 Å². The predicted octanol–water partition coefficient (Wildman–Crippen LogP) is 1.21. The maximum Gasteiger partial charge on any atom is 0.265 e. The third kappa shape index (κ3) is 3.55. The summed E-state index contributed by atoms with van der Waals surface area (Å²) in [6.45, 7) is -5.32. The molecule has 1 aromatic rings. The number of aryl methyl sites for hydroxylation is 1. The highest BCUT2D eigenvalue weighted by molar-refractivity contribution is 7.86. The molecule has 0 N–H and O–H groups in total. The van der Waals surface area contributed by atoms with Gasteiger partial charge < -0.3 is 4.90 Å². The Labute approximate surface area is 124 Å². The molecule has 0 bridgehead atoms. The number of rotatable bonds is 4. The normalized spacial score (nSPS) is 24.7. The maximum absolute atomic E-state index is 14.3. The molecule has 110 valence electrons. The number of nitrogens with zero attached hydrogens (tertiary/aromatic N) is 1. The average Bonchev–Trinajstić information content (AvgIpc) is 2.77. The third-order valence-electron chi connectivity index (χ3n) is 2.67. The molecule has 5 nitrogen and oxygen atoms in total. The number of hydrogen-bond acceptors (Lipinski definition) is 4. The minimum atomic E-state index is -3.91. The van der Waals surface area contributed by atoms with Gasteiger partial charge in [-0.3, -0.25) is 8.98 Å². The van der Waals surface area contributed by atoms with Crippen LogP contribution >= 0.6 is 0 Å². The van der Waals surface area contributed by atoms with Crippen molar-refractivity contribution in [3.8, 4) is 0 Å². The van der Waals surface area contributed by atoms with Crippen molar-refractivity contribution in [2.45, 2.75) is 25.9 Å². The monoisotopic (exact) mass is 306 g/mol. The SMILES string of the molecule is [2H]C([2H])([2H])c1ccc(C([2H])([2H])N2CC[C@H](OS(C)(=O)=O)C2=O)c(F)c1. The summed E-state index contributed by atoms with van der Waals surface area (Å²) in [6.07, 6.45) is -0.666. The molecule has 1 aromatic carbocycles. The highest BCUT2D eigenvalue weighted by Crippen LogP contribution is 2.20. The van der Waals surface area contributed by atoms with Crippen LogP contribution in [-0.4, -0.2) is 38.1 Å². The largest absolute Gasteiger partial charge is 0.336 e. The van der Waals surface area contributed by atoms with Crippen molar-refractivity contribution in [2.24, 2.45) is 0 Å². The van der Waals surface area contributed by atoms with Crippen LogP contribution in [0, 0.1) is 12.7 Å². The summed E-state index contributed by atoms with van der Waals surface area (Å²) in [5, 5.41) is 0. The minimum Gasteiger partial charge on any atom is -0.336 e. The van der Waals surface area contributed by atoms with Crippen LogP contribution in [0.1, 0.15) is 24.4 Å². The molecule has 0 unspecified atom stereocenters. The van der Waals surface area contributed by atoms with Crippen molar-refractivity contribution in [3.05, 3.63) is 35.1 Å². The van der Waals surface area contributed by atoms with E-state index in [2.05, 4.69) is 4.18 Å².